The Bertz CT molecular complexity index is 554. The minimum Gasteiger partial charge on any atom is -0.390 e. The van der Waals surface area contributed by atoms with Gasteiger partial charge in [-0.1, -0.05) is 19.9 Å². The first-order chi connectivity index (χ1) is 11.3. The van der Waals surface area contributed by atoms with Crippen molar-refractivity contribution < 1.29 is 9.90 Å². The van der Waals surface area contributed by atoms with Crippen LogP contribution in [-0.2, 0) is 4.79 Å². The molecule has 0 aromatic rings. The standard InChI is InChI=1S/C22H34O2/c1-4-10-22(24)13-12-20(2)15(14-22)5-6-16-17-7-8-19(23)21(17,3)11-9-18(16)20/h4,15-18,24H,1,5-14H2,2-3H3/t15?,16-,17-,18-,20-,21-,22-/m0/s1. The zero-order valence-electron chi connectivity index (χ0n) is 15.5. The lowest BCUT2D eigenvalue weighted by molar-refractivity contribution is -0.153. The van der Waals surface area contributed by atoms with Crippen LogP contribution >= 0.6 is 0 Å². The molecule has 7 atom stereocenters. The molecule has 0 radical (unpaired) electrons. The molecule has 1 unspecified atom stereocenters. The van der Waals surface area contributed by atoms with Gasteiger partial charge in [0.25, 0.3) is 0 Å². The molecule has 4 rings (SSSR count). The summed E-state index contributed by atoms with van der Waals surface area (Å²) in [5.74, 6) is 3.35. The Kier molecular flexibility index (Phi) is 3.81. The van der Waals surface area contributed by atoms with Gasteiger partial charge in [0.2, 0.25) is 0 Å². The fraction of sp³-hybridized carbons (Fsp3) is 0.864. The molecule has 0 aliphatic heterocycles. The summed E-state index contributed by atoms with van der Waals surface area (Å²) in [5.41, 5.74) is -0.142. The van der Waals surface area contributed by atoms with Crippen molar-refractivity contribution >= 4 is 5.78 Å². The van der Waals surface area contributed by atoms with Gasteiger partial charge in [-0.2, -0.15) is 0 Å². The topological polar surface area (TPSA) is 37.3 Å². The van der Waals surface area contributed by atoms with Crippen LogP contribution < -0.4 is 0 Å². The van der Waals surface area contributed by atoms with Gasteiger partial charge in [0.05, 0.1) is 5.60 Å². The molecule has 0 spiro atoms. The molecule has 134 valence electrons. The van der Waals surface area contributed by atoms with E-state index in [-0.39, 0.29) is 5.41 Å². The molecule has 4 aliphatic rings. The van der Waals surface area contributed by atoms with Gasteiger partial charge in [-0.15, -0.1) is 6.58 Å². The molecule has 4 saturated carbocycles. The van der Waals surface area contributed by atoms with E-state index in [0.717, 1.165) is 56.8 Å². The number of hydrogen-bond donors (Lipinski definition) is 1. The first kappa shape index (κ1) is 16.8. The van der Waals surface area contributed by atoms with E-state index < -0.39 is 5.60 Å². The van der Waals surface area contributed by atoms with Gasteiger partial charge < -0.3 is 5.11 Å². The summed E-state index contributed by atoms with van der Waals surface area (Å²) in [6.07, 6.45) is 12.5. The number of fused-ring (bicyclic) bond motifs is 5. The van der Waals surface area contributed by atoms with Gasteiger partial charge in [0, 0.05) is 11.8 Å². The van der Waals surface area contributed by atoms with Crippen LogP contribution in [0.2, 0.25) is 0 Å². The number of aliphatic hydroxyl groups is 1. The molecular formula is C22H34O2. The van der Waals surface area contributed by atoms with Crippen LogP contribution in [0.4, 0.5) is 0 Å². The van der Waals surface area contributed by atoms with Crippen molar-refractivity contribution in [3.05, 3.63) is 12.7 Å². The highest BCUT2D eigenvalue weighted by Crippen LogP contribution is 2.66. The number of hydrogen-bond acceptors (Lipinski definition) is 2. The van der Waals surface area contributed by atoms with Gasteiger partial charge in [0.1, 0.15) is 5.78 Å². The van der Waals surface area contributed by atoms with E-state index in [1.54, 1.807) is 0 Å². The average Bonchev–Trinajstić information content (AvgIpc) is 2.84. The molecule has 24 heavy (non-hydrogen) atoms. The highest BCUT2D eigenvalue weighted by molar-refractivity contribution is 5.87. The quantitative estimate of drug-likeness (QED) is 0.731. The smallest absolute Gasteiger partial charge is 0.139 e. The van der Waals surface area contributed by atoms with Crippen molar-refractivity contribution in [2.45, 2.75) is 83.7 Å². The van der Waals surface area contributed by atoms with Crippen molar-refractivity contribution in [2.24, 2.45) is 34.5 Å². The van der Waals surface area contributed by atoms with E-state index in [0.29, 0.717) is 23.0 Å². The van der Waals surface area contributed by atoms with Crippen LogP contribution in [0.15, 0.2) is 12.7 Å². The van der Waals surface area contributed by atoms with E-state index in [4.69, 9.17) is 0 Å². The van der Waals surface area contributed by atoms with Crippen molar-refractivity contribution in [3.63, 3.8) is 0 Å². The van der Waals surface area contributed by atoms with E-state index in [2.05, 4.69) is 20.4 Å². The first-order valence-corrected chi connectivity index (χ1v) is 10.2. The summed E-state index contributed by atoms with van der Waals surface area (Å²) in [6, 6.07) is 0. The number of ketones is 1. The monoisotopic (exact) mass is 330 g/mol. The normalized spacial score (nSPS) is 53.9. The summed E-state index contributed by atoms with van der Waals surface area (Å²) in [7, 11) is 0. The van der Waals surface area contributed by atoms with Gasteiger partial charge in [0.15, 0.2) is 0 Å². The number of carbonyl (C=O) groups excluding carboxylic acids is 1. The zero-order chi connectivity index (χ0) is 17.2. The molecule has 0 bridgehead atoms. The summed E-state index contributed by atoms with van der Waals surface area (Å²) in [4.78, 5) is 12.5. The minimum atomic E-state index is -0.509. The summed E-state index contributed by atoms with van der Waals surface area (Å²) >= 11 is 0. The molecule has 2 nitrogen and oxygen atoms in total. The Morgan fingerprint density at radius 3 is 2.67 bits per heavy atom. The van der Waals surface area contributed by atoms with Crippen LogP contribution in [0.3, 0.4) is 0 Å². The largest absolute Gasteiger partial charge is 0.390 e. The lowest BCUT2D eigenvalue weighted by atomic mass is 9.44. The van der Waals surface area contributed by atoms with Crippen LogP contribution in [0.5, 0.6) is 0 Å². The third kappa shape index (κ3) is 2.21. The van der Waals surface area contributed by atoms with E-state index in [1.165, 1.54) is 19.3 Å². The predicted molar refractivity (Wildman–Crippen MR) is 96.5 cm³/mol. The Hall–Kier alpha value is -0.630. The lowest BCUT2D eigenvalue weighted by Crippen LogP contribution is -2.55. The summed E-state index contributed by atoms with van der Waals surface area (Å²) in [6.45, 7) is 8.63. The minimum absolute atomic E-state index is 0.0113. The van der Waals surface area contributed by atoms with Crippen molar-refractivity contribution in [3.8, 4) is 0 Å². The maximum atomic E-state index is 12.5. The molecule has 0 aromatic carbocycles. The molecule has 4 aliphatic carbocycles. The highest BCUT2D eigenvalue weighted by atomic mass is 16.3. The van der Waals surface area contributed by atoms with Crippen LogP contribution in [0.1, 0.15) is 78.1 Å². The van der Waals surface area contributed by atoms with Gasteiger partial charge in [-0.05, 0) is 86.9 Å². The molecule has 0 heterocycles. The third-order valence-corrected chi connectivity index (χ3v) is 9.05. The number of carbonyl (C=O) groups is 1. The first-order valence-electron chi connectivity index (χ1n) is 10.2. The number of rotatable bonds is 2. The van der Waals surface area contributed by atoms with Crippen LogP contribution in [0, 0.1) is 34.5 Å². The second kappa shape index (κ2) is 5.43. The van der Waals surface area contributed by atoms with Crippen LogP contribution in [-0.4, -0.2) is 16.5 Å². The van der Waals surface area contributed by atoms with Gasteiger partial charge >= 0.3 is 0 Å². The third-order valence-electron chi connectivity index (χ3n) is 9.05. The predicted octanol–water partition coefficient (Wildman–Crippen LogP) is 4.91. The summed E-state index contributed by atoms with van der Waals surface area (Å²) in [5, 5.41) is 10.9. The second-order valence-electron chi connectivity index (χ2n) is 10.00. The molecule has 2 heteroatoms. The van der Waals surface area contributed by atoms with Crippen LogP contribution in [0.25, 0.3) is 0 Å². The Morgan fingerprint density at radius 2 is 1.92 bits per heavy atom. The van der Waals surface area contributed by atoms with E-state index in [1.807, 2.05) is 6.08 Å². The highest BCUT2D eigenvalue weighted by Gasteiger charge is 2.61. The second-order valence-corrected chi connectivity index (χ2v) is 10.00. The average molecular weight is 331 g/mol. The van der Waals surface area contributed by atoms with Gasteiger partial charge in [-0.3, -0.25) is 4.79 Å². The molecular weight excluding hydrogens is 296 g/mol. The fourth-order valence-electron chi connectivity index (χ4n) is 7.55. The summed E-state index contributed by atoms with van der Waals surface area (Å²) < 4.78 is 0. The fourth-order valence-corrected chi connectivity index (χ4v) is 7.55. The maximum absolute atomic E-state index is 12.5. The molecule has 4 fully saturated rings. The van der Waals surface area contributed by atoms with Crippen molar-refractivity contribution in [1.29, 1.82) is 0 Å². The van der Waals surface area contributed by atoms with E-state index in [9.17, 15) is 9.90 Å². The maximum Gasteiger partial charge on any atom is 0.139 e. The molecule has 1 N–H and O–H groups in total. The van der Waals surface area contributed by atoms with Crippen molar-refractivity contribution in [1.82, 2.24) is 0 Å². The molecule has 0 amide bonds. The Morgan fingerprint density at radius 1 is 1.12 bits per heavy atom. The van der Waals surface area contributed by atoms with Crippen molar-refractivity contribution in [2.75, 3.05) is 0 Å². The van der Waals surface area contributed by atoms with Gasteiger partial charge in [-0.25, -0.2) is 0 Å². The van der Waals surface area contributed by atoms with E-state index >= 15 is 0 Å². The molecule has 0 saturated heterocycles. The Labute approximate surface area is 147 Å². The lowest BCUT2D eigenvalue weighted by Gasteiger charge is -2.61. The Balaban J connectivity index is 1.59. The number of Topliss-reactive ketones (excluding diaryl/α,β-unsaturated/α-hetero) is 1. The zero-order valence-corrected chi connectivity index (χ0v) is 15.5. The molecule has 0 aromatic heterocycles. The SMILES string of the molecule is C=CC[C@]1(O)CC[C@@]2(C)C(CC[C@@H]3[C@@H]2CC[C@]2(C)C(=O)CC[C@@H]32)C1.